The maximum atomic E-state index is 12.6. The van der Waals surface area contributed by atoms with Gasteiger partial charge in [-0.2, -0.15) is 0 Å². The van der Waals surface area contributed by atoms with Gasteiger partial charge in [-0.3, -0.25) is 13.9 Å². The summed E-state index contributed by atoms with van der Waals surface area (Å²) in [5.41, 5.74) is 6.77. The summed E-state index contributed by atoms with van der Waals surface area (Å²) in [6, 6.07) is 11.1. The molecule has 2 N–H and O–H groups in total. The second-order valence-corrected chi connectivity index (χ2v) is 5.00. The molecule has 0 atom stereocenters. The SMILES string of the molecule is CCn1c(=O)c2c(N)ccnc2n(Cc2ccccc2)c1=O. The monoisotopic (exact) mass is 296 g/mol. The molecule has 0 saturated heterocycles. The molecule has 1 aromatic carbocycles. The highest BCUT2D eigenvalue weighted by Crippen LogP contribution is 2.14. The Kier molecular flexibility index (Phi) is 3.50. The fraction of sp³-hybridized carbons (Fsp3) is 0.188. The van der Waals surface area contributed by atoms with E-state index in [2.05, 4.69) is 4.98 Å². The molecule has 0 radical (unpaired) electrons. The molecule has 0 bridgehead atoms. The van der Waals surface area contributed by atoms with Crippen LogP contribution in [0.1, 0.15) is 12.5 Å². The van der Waals surface area contributed by atoms with Crippen molar-refractivity contribution in [3.8, 4) is 0 Å². The van der Waals surface area contributed by atoms with E-state index in [0.717, 1.165) is 5.56 Å². The first-order valence-corrected chi connectivity index (χ1v) is 7.05. The van der Waals surface area contributed by atoms with Crippen molar-refractivity contribution in [3.05, 3.63) is 69.0 Å². The summed E-state index contributed by atoms with van der Waals surface area (Å²) in [6.07, 6.45) is 1.51. The van der Waals surface area contributed by atoms with Gasteiger partial charge in [0.1, 0.15) is 5.39 Å². The van der Waals surface area contributed by atoms with Crippen molar-refractivity contribution in [3.63, 3.8) is 0 Å². The fourth-order valence-corrected chi connectivity index (χ4v) is 2.53. The molecule has 6 heteroatoms. The van der Waals surface area contributed by atoms with E-state index < -0.39 is 5.56 Å². The van der Waals surface area contributed by atoms with Crippen LogP contribution < -0.4 is 17.0 Å². The van der Waals surface area contributed by atoms with E-state index in [1.165, 1.54) is 15.3 Å². The van der Waals surface area contributed by atoms with Crippen LogP contribution in [0.3, 0.4) is 0 Å². The van der Waals surface area contributed by atoms with Crippen molar-refractivity contribution in [2.75, 3.05) is 5.73 Å². The lowest BCUT2D eigenvalue weighted by Gasteiger charge is -2.13. The zero-order valence-corrected chi connectivity index (χ0v) is 12.2. The summed E-state index contributed by atoms with van der Waals surface area (Å²) in [5, 5.41) is 0.292. The molecule has 0 saturated carbocycles. The number of hydrogen-bond donors (Lipinski definition) is 1. The van der Waals surface area contributed by atoms with Gasteiger partial charge in [-0.05, 0) is 18.6 Å². The quantitative estimate of drug-likeness (QED) is 0.787. The number of hydrogen-bond acceptors (Lipinski definition) is 4. The van der Waals surface area contributed by atoms with Crippen LogP contribution in [0.15, 0.2) is 52.2 Å². The Morgan fingerprint density at radius 2 is 1.82 bits per heavy atom. The van der Waals surface area contributed by atoms with Crippen molar-refractivity contribution in [2.24, 2.45) is 0 Å². The highest BCUT2D eigenvalue weighted by atomic mass is 16.2. The number of nitrogens with zero attached hydrogens (tertiary/aromatic N) is 3. The normalized spacial score (nSPS) is 11.0. The first kappa shape index (κ1) is 14.1. The molecule has 0 aliphatic heterocycles. The van der Waals surface area contributed by atoms with Crippen molar-refractivity contribution in [1.29, 1.82) is 0 Å². The minimum atomic E-state index is -0.391. The molecule has 3 rings (SSSR count). The minimum Gasteiger partial charge on any atom is -0.398 e. The number of fused-ring (bicyclic) bond motifs is 1. The summed E-state index contributed by atoms with van der Waals surface area (Å²) >= 11 is 0. The first-order chi connectivity index (χ1) is 10.6. The second-order valence-electron chi connectivity index (χ2n) is 5.00. The van der Waals surface area contributed by atoms with E-state index in [0.29, 0.717) is 23.3 Å². The average molecular weight is 296 g/mol. The van der Waals surface area contributed by atoms with E-state index in [4.69, 9.17) is 5.73 Å². The van der Waals surface area contributed by atoms with Crippen molar-refractivity contribution >= 4 is 16.7 Å². The van der Waals surface area contributed by atoms with E-state index >= 15 is 0 Å². The van der Waals surface area contributed by atoms with Gasteiger partial charge in [0.15, 0.2) is 5.65 Å². The standard InChI is InChI=1S/C16H16N4O2/c1-2-19-15(21)13-12(17)8-9-18-14(13)20(16(19)22)10-11-6-4-3-5-7-11/h3-9H,2,10H2,1H3,(H2,17,18). The van der Waals surface area contributed by atoms with E-state index in [1.807, 2.05) is 30.3 Å². The smallest absolute Gasteiger partial charge is 0.332 e. The molecule has 112 valence electrons. The highest BCUT2D eigenvalue weighted by Gasteiger charge is 2.15. The summed E-state index contributed by atoms with van der Waals surface area (Å²) in [7, 11) is 0. The molecule has 0 amide bonds. The molecule has 2 heterocycles. The molecule has 0 aliphatic carbocycles. The van der Waals surface area contributed by atoms with Crippen LogP contribution >= 0.6 is 0 Å². The van der Waals surface area contributed by atoms with Crippen molar-refractivity contribution in [2.45, 2.75) is 20.0 Å². The predicted molar refractivity (Wildman–Crippen MR) is 85.9 cm³/mol. The van der Waals surface area contributed by atoms with Crippen LogP contribution in [0.25, 0.3) is 11.0 Å². The maximum Gasteiger partial charge on any atom is 0.332 e. The van der Waals surface area contributed by atoms with Crippen LogP contribution in [0, 0.1) is 0 Å². The third-order valence-corrected chi connectivity index (χ3v) is 3.64. The lowest BCUT2D eigenvalue weighted by Crippen LogP contribution is -2.40. The second kappa shape index (κ2) is 5.48. The van der Waals surface area contributed by atoms with E-state index in [1.54, 1.807) is 13.0 Å². The lowest BCUT2D eigenvalue weighted by atomic mass is 10.2. The number of rotatable bonds is 3. The Bertz CT molecular complexity index is 942. The summed E-state index contributed by atoms with van der Waals surface area (Å²) in [6.45, 7) is 2.39. The average Bonchev–Trinajstić information content (AvgIpc) is 2.53. The first-order valence-electron chi connectivity index (χ1n) is 7.05. The number of benzene rings is 1. The van der Waals surface area contributed by atoms with Crippen LogP contribution in [0.2, 0.25) is 0 Å². The van der Waals surface area contributed by atoms with Crippen molar-refractivity contribution < 1.29 is 0 Å². The van der Waals surface area contributed by atoms with Crippen LogP contribution in [-0.4, -0.2) is 14.1 Å². The zero-order valence-electron chi connectivity index (χ0n) is 12.2. The number of aromatic nitrogens is 3. The molecule has 0 fully saturated rings. The number of nitrogens with two attached hydrogens (primary N) is 1. The van der Waals surface area contributed by atoms with Gasteiger partial charge < -0.3 is 5.73 Å². The Morgan fingerprint density at radius 1 is 1.09 bits per heavy atom. The molecular weight excluding hydrogens is 280 g/mol. The summed E-state index contributed by atoms with van der Waals surface area (Å²) < 4.78 is 2.68. The Balaban J connectivity index is 2.36. The molecule has 3 aromatic rings. The molecular formula is C16H16N4O2. The summed E-state index contributed by atoms with van der Waals surface area (Å²) in [4.78, 5) is 29.2. The van der Waals surface area contributed by atoms with Gasteiger partial charge in [-0.15, -0.1) is 0 Å². The molecule has 0 spiro atoms. The topological polar surface area (TPSA) is 82.9 Å². The third-order valence-electron chi connectivity index (χ3n) is 3.64. The van der Waals surface area contributed by atoms with E-state index in [-0.39, 0.29) is 12.2 Å². The molecule has 0 unspecified atom stereocenters. The Morgan fingerprint density at radius 3 is 2.50 bits per heavy atom. The van der Waals surface area contributed by atoms with Gasteiger partial charge >= 0.3 is 5.69 Å². The van der Waals surface area contributed by atoms with Crippen LogP contribution in [0.4, 0.5) is 5.69 Å². The van der Waals surface area contributed by atoms with E-state index in [9.17, 15) is 9.59 Å². The number of anilines is 1. The molecule has 2 aromatic heterocycles. The van der Waals surface area contributed by atoms with Gasteiger partial charge in [-0.1, -0.05) is 30.3 Å². The zero-order chi connectivity index (χ0) is 15.7. The van der Waals surface area contributed by atoms with Gasteiger partial charge in [0, 0.05) is 18.4 Å². The van der Waals surface area contributed by atoms with Crippen LogP contribution in [-0.2, 0) is 13.1 Å². The third kappa shape index (κ3) is 2.18. The molecule has 6 nitrogen and oxygen atoms in total. The number of nitrogen functional groups attached to an aromatic ring is 1. The Labute approximate surface area is 126 Å². The Hall–Kier alpha value is -2.89. The minimum absolute atomic E-state index is 0.288. The van der Waals surface area contributed by atoms with Gasteiger partial charge in [0.25, 0.3) is 5.56 Å². The fourth-order valence-electron chi connectivity index (χ4n) is 2.53. The number of pyridine rings is 1. The van der Waals surface area contributed by atoms with Gasteiger partial charge in [-0.25, -0.2) is 9.78 Å². The highest BCUT2D eigenvalue weighted by molar-refractivity contribution is 5.86. The van der Waals surface area contributed by atoms with Gasteiger partial charge in [0.2, 0.25) is 0 Å². The maximum absolute atomic E-state index is 12.6. The van der Waals surface area contributed by atoms with Crippen molar-refractivity contribution in [1.82, 2.24) is 14.1 Å². The van der Waals surface area contributed by atoms with Gasteiger partial charge in [0.05, 0.1) is 6.54 Å². The molecule has 0 aliphatic rings. The molecule has 22 heavy (non-hydrogen) atoms. The van der Waals surface area contributed by atoms with Crippen LogP contribution in [0.5, 0.6) is 0 Å². The largest absolute Gasteiger partial charge is 0.398 e. The predicted octanol–water partition coefficient (Wildman–Crippen LogP) is 1.21. The lowest BCUT2D eigenvalue weighted by molar-refractivity contribution is 0.615. The summed E-state index contributed by atoms with van der Waals surface area (Å²) in [5.74, 6) is 0.